The van der Waals surface area contributed by atoms with Gasteiger partial charge in [0, 0.05) is 27.2 Å². The zero-order valence-corrected chi connectivity index (χ0v) is 17.0. The molecule has 0 aromatic carbocycles. The van der Waals surface area contributed by atoms with Gasteiger partial charge in [0.15, 0.2) is 5.96 Å². The van der Waals surface area contributed by atoms with E-state index in [1.54, 1.807) is 0 Å². The predicted molar refractivity (Wildman–Crippen MR) is 108 cm³/mol. The summed E-state index contributed by atoms with van der Waals surface area (Å²) in [5.74, 6) is 0.701. The molecule has 2 unspecified atom stereocenters. The van der Waals surface area contributed by atoms with Gasteiger partial charge in [0.2, 0.25) is 0 Å². The van der Waals surface area contributed by atoms with Gasteiger partial charge in [-0.2, -0.15) is 0 Å². The molecule has 3 rings (SSSR count). The molecule has 3 aliphatic rings. The topological polar surface area (TPSA) is 69.5 Å². The minimum absolute atomic E-state index is 0.622. The Bertz CT molecular complexity index is 373. The highest BCUT2D eigenvalue weighted by Gasteiger charge is 2.40. The molecule has 0 radical (unpaired) electrons. The van der Waals surface area contributed by atoms with Crippen LogP contribution in [0.3, 0.4) is 0 Å². The molecular formula is C19H40N6. The van der Waals surface area contributed by atoms with E-state index in [1.807, 2.05) is 26.0 Å². The summed E-state index contributed by atoms with van der Waals surface area (Å²) >= 11 is 0. The van der Waals surface area contributed by atoms with Crippen LogP contribution in [0.25, 0.3) is 0 Å². The average Bonchev–Trinajstić information content (AvgIpc) is 2.88. The Labute approximate surface area is 155 Å². The first-order chi connectivity index (χ1) is 12.0. The normalized spacial score (nSPS) is 26.0. The first-order valence-electron chi connectivity index (χ1n) is 9.83. The number of nitrogens with one attached hydrogen (secondary N) is 3. The van der Waals surface area contributed by atoms with Gasteiger partial charge in [-0.15, -0.1) is 0 Å². The Morgan fingerprint density at radius 3 is 1.72 bits per heavy atom. The third kappa shape index (κ3) is 6.17. The second kappa shape index (κ2) is 11.3. The number of likely N-dealkylation sites (N-methyl/N-ethyl adjacent to an activating group) is 2. The Morgan fingerprint density at radius 2 is 1.32 bits per heavy atom. The van der Waals surface area contributed by atoms with Gasteiger partial charge in [-0.05, 0) is 39.8 Å². The van der Waals surface area contributed by atoms with Gasteiger partial charge in [0.25, 0.3) is 0 Å². The number of fused-ring (bicyclic) bond motifs is 1. The highest BCUT2D eigenvalue weighted by atomic mass is 15.4. The van der Waals surface area contributed by atoms with Crippen LogP contribution in [0.1, 0.15) is 57.8 Å². The Hall–Kier alpha value is -1.30. The van der Waals surface area contributed by atoms with E-state index in [0.29, 0.717) is 24.1 Å². The van der Waals surface area contributed by atoms with Crippen LogP contribution in [0.4, 0.5) is 0 Å². The maximum atomic E-state index is 7.81. The molecule has 6 heteroatoms. The Balaban J connectivity index is 0.000000220. The molecule has 2 atom stereocenters. The molecular weight excluding hydrogens is 312 g/mol. The van der Waals surface area contributed by atoms with Crippen molar-refractivity contribution in [3.8, 4) is 0 Å². The summed E-state index contributed by atoms with van der Waals surface area (Å²) in [5, 5.41) is 17.6. The minimum atomic E-state index is 0.622. The summed E-state index contributed by atoms with van der Waals surface area (Å²) in [6.45, 7) is 0. The number of hydrogen-bond donors (Lipinski definition) is 3. The van der Waals surface area contributed by atoms with Crippen molar-refractivity contribution in [3.05, 3.63) is 0 Å². The standard InChI is InChI=1S/C9H17N3.C8H16N2.C2H7N/c1-11-7-5-3-4-6-8(7)12(2)9(11)10;1-10(7-9)8-5-3-2-4-6-8;1-3-2/h7-8,10H,3-6H2,1-2H3;7-9H,2-6H2,1H3;3H,1-2H3. The van der Waals surface area contributed by atoms with Crippen LogP contribution in [-0.2, 0) is 0 Å². The second-order valence-corrected chi connectivity index (χ2v) is 7.55. The first-order valence-corrected chi connectivity index (χ1v) is 9.83. The lowest BCUT2D eigenvalue weighted by molar-refractivity contribution is 0.233. The zero-order chi connectivity index (χ0) is 18.8. The highest BCUT2D eigenvalue weighted by molar-refractivity contribution is 5.79. The van der Waals surface area contributed by atoms with E-state index in [0.717, 1.165) is 0 Å². The van der Waals surface area contributed by atoms with Crippen molar-refractivity contribution >= 4 is 12.3 Å². The van der Waals surface area contributed by atoms with Crippen molar-refractivity contribution in [1.29, 1.82) is 10.8 Å². The molecule has 3 fully saturated rings. The molecule has 0 aromatic rings. The van der Waals surface area contributed by atoms with Crippen molar-refractivity contribution in [3.63, 3.8) is 0 Å². The minimum Gasteiger partial charge on any atom is -0.363 e. The van der Waals surface area contributed by atoms with E-state index in [4.69, 9.17) is 10.8 Å². The van der Waals surface area contributed by atoms with Crippen molar-refractivity contribution in [2.24, 2.45) is 0 Å². The van der Waals surface area contributed by atoms with Gasteiger partial charge < -0.3 is 20.0 Å². The number of guanidine groups is 1. The van der Waals surface area contributed by atoms with Crippen molar-refractivity contribution in [1.82, 2.24) is 20.0 Å². The molecule has 146 valence electrons. The molecule has 3 N–H and O–H groups in total. The van der Waals surface area contributed by atoms with Crippen LogP contribution in [-0.4, -0.2) is 80.4 Å². The highest BCUT2D eigenvalue weighted by Crippen LogP contribution is 2.31. The van der Waals surface area contributed by atoms with E-state index in [1.165, 1.54) is 64.1 Å². The van der Waals surface area contributed by atoms with E-state index < -0.39 is 0 Å². The molecule has 6 nitrogen and oxygen atoms in total. The van der Waals surface area contributed by atoms with Gasteiger partial charge in [0.1, 0.15) is 0 Å². The molecule has 25 heavy (non-hydrogen) atoms. The van der Waals surface area contributed by atoms with Gasteiger partial charge >= 0.3 is 0 Å². The van der Waals surface area contributed by atoms with Gasteiger partial charge in [-0.3, -0.25) is 10.8 Å². The molecule has 1 aliphatic heterocycles. The fourth-order valence-electron chi connectivity index (χ4n) is 4.15. The molecule has 1 heterocycles. The lowest BCUT2D eigenvalue weighted by Crippen LogP contribution is -2.37. The van der Waals surface area contributed by atoms with Crippen molar-refractivity contribution in [2.45, 2.75) is 75.9 Å². The second-order valence-electron chi connectivity index (χ2n) is 7.55. The summed E-state index contributed by atoms with van der Waals surface area (Å²) in [6, 6.07) is 1.90. The van der Waals surface area contributed by atoms with E-state index in [2.05, 4.69) is 29.2 Å². The molecule has 2 saturated carbocycles. The number of hydrogen-bond acceptors (Lipinski definition) is 3. The number of nitrogens with zero attached hydrogens (tertiary/aromatic N) is 3. The summed E-state index contributed by atoms with van der Waals surface area (Å²) in [6.07, 6.45) is 13.3. The number of rotatable bonds is 2. The molecule has 1 saturated heterocycles. The maximum absolute atomic E-state index is 7.81. The molecule has 2 aliphatic carbocycles. The summed E-state index contributed by atoms with van der Waals surface area (Å²) in [4.78, 5) is 6.28. The SMILES string of the molecule is CN(C=N)C1CCCCC1.CN1C(=N)N(C)C2CCCCC21.CNC. The summed E-state index contributed by atoms with van der Waals surface area (Å²) in [5.41, 5.74) is 0. The Morgan fingerprint density at radius 1 is 0.920 bits per heavy atom. The van der Waals surface area contributed by atoms with Gasteiger partial charge in [-0.25, -0.2) is 0 Å². The summed E-state index contributed by atoms with van der Waals surface area (Å²) < 4.78 is 0. The van der Waals surface area contributed by atoms with Crippen LogP contribution in [0.5, 0.6) is 0 Å². The van der Waals surface area contributed by atoms with Crippen molar-refractivity contribution < 1.29 is 0 Å². The smallest absolute Gasteiger partial charge is 0.193 e. The van der Waals surface area contributed by atoms with Crippen molar-refractivity contribution in [2.75, 3.05) is 35.2 Å². The van der Waals surface area contributed by atoms with E-state index in [9.17, 15) is 0 Å². The Kier molecular flexibility index (Phi) is 9.86. The van der Waals surface area contributed by atoms with Crippen LogP contribution >= 0.6 is 0 Å². The third-order valence-corrected chi connectivity index (χ3v) is 5.71. The van der Waals surface area contributed by atoms with Crippen LogP contribution in [0, 0.1) is 10.8 Å². The predicted octanol–water partition coefficient (Wildman–Crippen LogP) is 2.80. The lowest BCUT2D eigenvalue weighted by Gasteiger charge is -2.29. The first kappa shape index (κ1) is 21.7. The van der Waals surface area contributed by atoms with Gasteiger partial charge in [0.05, 0.1) is 18.4 Å². The van der Waals surface area contributed by atoms with E-state index in [-0.39, 0.29) is 0 Å². The third-order valence-electron chi connectivity index (χ3n) is 5.71. The van der Waals surface area contributed by atoms with Crippen LogP contribution in [0.2, 0.25) is 0 Å². The molecule has 0 amide bonds. The monoisotopic (exact) mass is 352 g/mol. The zero-order valence-electron chi connectivity index (χ0n) is 17.0. The summed E-state index contributed by atoms with van der Waals surface area (Å²) in [7, 11) is 9.85. The van der Waals surface area contributed by atoms with Crippen LogP contribution in [0.15, 0.2) is 0 Å². The fourth-order valence-corrected chi connectivity index (χ4v) is 4.15. The molecule has 0 spiro atoms. The quantitative estimate of drug-likeness (QED) is 0.528. The average molecular weight is 353 g/mol. The van der Waals surface area contributed by atoms with Crippen LogP contribution < -0.4 is 5.32 Å². The lowest BCUT2D eigenvalue weighted by atomic mass is 9.91. The van der Waals surface area contributed by atoms with Gasteiger partial charge in [-0.1, -0.05) is 32.1 Å². The van der Waals surface area contributed by atoms with E-state index >= 15 is 0 Å². The molecule has 0 bridgehead atoms. The largest absolute Gasteiger partial charge is 0.363 e. The maximum Gasteiger partial charge on any atom is 0.193 e. The molecule has 0 aromatic heterocycles. The fraction of sp³-hybridized carbons (Fsp3) is 0.895.